The molecule has 28 heavy (non-hydrogen) atoms. The summed E-state index contributed by atoms with van der Waals surface area (Å²) in [5, 5.41) is 13.5. The number of nitro benzene ring substituents is 1. The fourth-order valence-electron chi connectivity index (χ4n) is 3.15. The molecule has 148 valence electrons. The Labute approximate surface area is 160 Å². The average Bonchev–Trinajstić information content (AvgIpc) is 2.69. The Balaban J connectivity index is 1.79. The predicted octanol–water partition coefficient (Wildman–Crippen LogP) is 2.68. The van der Waals surface area contributed by atoms with E-state index in [1.165, 1.54) is 12.1 Å². The zero-order chi connectivity index (χ0) is 20.1. The van der Waals surface area contributed by atoms with Crippen LogP contribution in [0.2, 0.25) is 0 Å². The van der Waals surface area contributed by atoms with Crippen molar-refractivity contribution >= 4 is 11.6 Å². The summed E-state index contributed by atoms with van der Waals surface area (Å²) in [4.78, 5) is 24.7. The van der Waals surface area contributed by atoms with E-state index < -0.39 is 28.0 Å². The van der Waals surface area contributed by atoms with Gasteiger partial charge in [0.1, 0.15) is 11.6 Å². The number of amides is 1. The molecule has 0 aromatic heterocycles. The van der Waals surface area contributed by atoms with Crippen LogP contribution in [0.5, 0.6) is 0 Å². The van der Waals surface area contributed by atoms with Crippen molar-refractivity contribution < 1.29 is 23.2 Å². The van der Waals surface area contributed by atoms with Gasteiger partial charge in [0.05, 0.1) is 29.7 Å². The van der Waals surface area contributed by atoms with Gasteiger partial charge in [0.15, 0.2) is 0 Å². The number of rotatable bonds is 6. The fourth-order valence-corrected chi connectivity index (χ4v) is 3.15. The molecule has 0 aliphatic carbocycles. The van der Waals surface area contributed by atoms with Gasteiger partial charge in [-0.2, -0.15) is 0 Å². The number of hydrogen-bond acceptors (Lipinski definition) is 5. The van der Waals surface area contributed by atoms with E-state index in [1.807, 2.05) is 4.90 Å². The third-order valence-corrected chi connectivity index (χ3v) is 4.58. The van der Waals surface area contributed by atoms with Gasteiger partial charge in [-0.15, -0.1) is 0 Å². The number of non-ortho nitro benzene ring substituents is 1. The van der Waals surface area contributed by atoms with Gasteiger partial charge in [0, 0.05) is 31.8 Å². The molecule has 2 aromatic rings. The quantitative estimate of drug-likeness (QED) is 0.605. The highest BCUT2D eigenvalue weighted by Gasteiger charge is 2.25. The van der Waals surface area contributed by atoms with Gasteiger partial charge in [0.25, 0.3) is 11.6 Å². The molecule has 0 radical (unpaired) electrons. The number of carbonyl (C=O) groups excluding carboxylic acids is 1. The molecule has 1 heterocycles. The summed E-state index contributed by atoms with van der Waals surface area (Å²) >= 11 is 0. The van der Waals surface area contributed by atoms with Crippen molar-refractivity contribution in [3.63, 3.8) is 0 Å². The topological polar surface area (TPSA) is 84.7 Å². The van der Waals surface area contributed by atoms with Gasteiger partial charge in [-0.05, 0) is 23.8 Å². The lowest BCUT2D eigenvalue weighted by Gasteiger charge is -2.35. The fraction of sp³-hybridized carbons (Fsp3) is 0.316. The maximum absolute atomic E-state index is 14.0. The Kier molecular flexibility index (Phi) is 6.27. The number of morpholine rings is 1. The van der Waals surface area contributed by atoms with Crippen molar-refractivity contribution in [2.45, 2.75) is 6.04 Å². The molecule has 1 amide bonds. The lowest BCUT2D eigenvalue weighted by Crippen LogP contribution is -2.44. The van der Waals surface area contributed by atoms with Gasteiger partial charge >= 0.3 is 0 Å². The maximum Gasteiger partial charge on any atom is 0.270 e. The highest BCUT2D eigenvalue weighted by molar-refractivity contribution is 5.95. The van der Waals surface area contributed by atoms with Gasteiger partial charge in [-0.1, -0.05) is 12.1 Å². The molecule has 1 fully saturated rings. The number of nitrogens with zero attached hydrogens (tertiary/aromatic N) is 2. The Bertz CT molecular complexity index is 872. The Morgan fingerprint density at radius 3 is 2.64 bits per heavy atom. The minimum absolute atomic E-state index is 0.0877. The number of nitrogens with one attached hydrogen (secondary N) is 1. The Morgan fingerprint density at radius 2 is 1.96 bits per heavy atom. The molecule has 0 saturated carbocycles. The monoisotopic (exact) mass is 391 g/mol. The zero-order valence-corrected chi connectivity index (χ0v) is 14.9. The number of ether oxygens (including phenoxy) is 1. The third kappa shape index (κ3) is 4.68. The van der Waals surface area contributed by atoms with E-state index in [1.54, 1.807) is 12.1 Å². The van der Waals surface area contributed by atoms with Crippen LogP contribution in [0.4, 0.5) is 14.5 Å². The molecule has 0 bridgehead atoms. The van der Waals surface area contributed by atoms with Gasteiger partial charge in [-0.25, -0.2) is 8.78 Å². The van der Waals surface area contributed by atoms with Crippen molar-refractivity contribution in [3.8, 4) is 0 Å². The second kappa shape index (κ2) is 8.85. The molecule has 1 unspecified atom stereocenters. The molecule has 1 aliphatic heterocycles. The SMILES string of the molecule is O=C(NCC(c1cccc(F)c1)N1CCOCC1)c1cc([N+](=O)[O-])ccc1F. The first-order valence-corrected chi connectivity index (χ1v) is 8.75. The molecular weight excluding hydrogens is 372 g/mol. The summed E-state index contributed by atoms with van der Waals surface area (Å²) in [5.41, 5.74) is -0.114. The average molecular weight is 391 g/mol. The van der Waals surface area contributed by atoms with Crippen LogP contribution in [0.25, 0.3) is 0 Å². The van der Waals surface area contributed by atoms with Crippen molar-refractivity contribution in [3.05, 3.63) is 75.3 Å². The molecule has 1 aliphatic rings. The number of benzene rings is 2. The first kappa shape index (κ1) is 19.8. The van der Waals surface area contributed by atoms with Crippen molar-refractivity contribution in [2.75, 3.05) is 32.8 Å². The van der Waals surface area contributed by atoms with Crippen LogP contribution in [0, 0.1) is 21.7 Å². The first-order valence-electron chi connectivity index (χ1n) is 8.75. The van der Waals surface area contributed by atoms with E-state index in [9.17, 15) is 23.7 Å². The standard InChI is InChI=1S/C19H19F2N3O4/c20-14-3-1-2-13(10-14)18(23-6-8-28-9-7-23)12-22-19(25)16-11-15(24(26)27)4-5-17(16)21/h1-5,10-11,18H,6-9,12H2,(H,22,25). The largest absolute Gasteiger partial charge is 0.379 e. The second-order valence-electron chi connectivity index (χ2n) is 6.35. The van der Waals surface area contributed by atoms with Crippen LogP contribution in [0.1, 0.15) is 22.0 Å². The predicted molar refractivity (Wildman–Crippen MR) is 96.9 cm³/mol. The van der Waals surface area contributed by atoms with Crippen LogP contribution >= 0.6 is 0 Å². The summed E-state index contributed by atoms with van der Waals surface area (Å²) in [6, 6.07) is 8.50. The van der Waals surface area contributed by atoms with Gasteiger partial charge < -0.3 is 10.1 Å². The molecule has 1 atom stereocenters. The van der Waals surface area contributed by atoms with E-state index in [-0.39, 0.29) is 18.3 Å². The van der Waals surface area contributed by atoms with Crippen LogP contribution in [-0.4, -0.2) is 48.6 Å². The zero-order valence-electron chi connectivity index (χ0n) is 14.9. The Morgan fingerprint density at radius 1 is 1.21 bits per heavy atom. The maximum atomic E-state index is 14.0. The number of hydrogen-bond donors (Lipinski definition) is 1. The molecule has 7 nitrogen and oxygen atoms in total. The first-order chi connectivity index (χ1) is 13.5. The summed E-state index contributed by atoms with van der Waals surface area (Å²) in [5.74, 6) is -2.01. The summed E-state index contributed by atoms with van der Waals surface area (Å²) in [6.07, 6.45) is 0. The summed E-state index contributed by atoms with van der Waals surface area (Å²) in [7, 11) is 0. The highest BCUT2D eigenvalue weighted by Crippen LogP contribution is 2.23. The number of nitro groups is 1. The van der Waals surface area contributed by atoms with Crippen LogP contribution in [0.15, 0.2) is 42.5 Å². The van der Waals surface area contributed by atoms with E-state index in [0.717, 1.165) is 18.2 Å². The second-order valence-corrected chi connectivity index (χ2v) is 6.35. The minimum atomic E-state index is -0.850. The Hall–Kier alpha value is -2.91. The van der Waals surface area contributed by atoms with Crippen LogP contribution in [0.3, 0.4) is 0 Å². The third-order valence-electron chi connectivity index (χ3n) is 4.58. The lowest BCUT2D eigenvalue weighted by molar-refractivity contribution is -0.384. The molecule has 3 rings (SSSR count). The van der Waals surface area contributed by atoms with Gasteiger partial charge in [0.2, 0.25) is 0 Å². The summed E-state index contributed by atoms with van der Waals surface area (Å²) < 4.78 is 33.0. The normalized spacial score (nSPS) is 15.8. The van der Waals surface area contributed by atoms with E-state index in [2.05, 4.69) is 5.32 Å². The molecule has 2 aromatic carbocycles. The molecule has 1 saturated heterocycles. The van der Waals surface area contributed by atoms with Crippen LogP contribution in [-0.2, 0) is 4.74 Å². The molecule has 1 N–H and O–H groups in total. The van der Waals surface area contributed by atoms with Crippen molar-refractivity contribution in [1.29, 1.82) is 0 Å². The van der Waals surface area contributed by atoms with E-state index >= 15 is 0 Å². The molecular formula is C19H19F2N3O4. The van der Waals surface area contributed by atoms with Crippen molar-refractivity contribution in [1.82, 2.24) is 10.2 Å². The highest BCUT2D eigenvalue weighted by atomic mass is 19.1. The van der Waals surface area contributed by atoms with Gasteiger partial charge in [-0.3, -0.25) is 19.8 Å². The smallest absolute Gasteiger partial charge is 0.270 e. The van der Waals surface area contributed by atoms with Crippen molar-refractivity contribution in [2.24, 2.45) is 0 Å². The molecule has 9 heteroatoms. The van der Waals surface area contributed by atoms with E-state index in [4.69, 9.17) is 4.74 Å². The van der Waals surface area contributed by atoms with E-state index in [0.29, 0.717) is 31.9 Å². The number of carbonyl (C=O) groups is 1. The minimum Gasteiger partial charge on any atom is -0.379 e. The molecule has 0 spiro atoms. The summed E-state index contributed by atoms with van der Waals surface area (Å²) in [6.45, 7) is 2.31. The number of halogens is 2. The lowest BCUT2D eigenvalue weighted by atomic mass is 10.0. The van der Waals surface area contributed by atoms with Crippen LogP contribution < -0.4 is 5.32 Å².